The molecule has 0 unspecified atom stereocenters. The highest BCUT2D eigenvalue weighted by atomic mass is 16.5. The van der Waals surface area contributed by atoms with Crippen molar-refractivity contribution >= 4 is 0 Å². The third-order valence-corrected chi connectivity index (χ3v) is 2.71. The molecule has 0 radical (unpaired) electrons. The van der Waals surface area contributed by atoms with Crippen LogP contribution in [0.2, 0.25) is 0 Å². The van der Waals surface area contributed by atoms with Gasteiger partial charge in [-0.05, 0) is 25.5 Å². The molecule has 1 N–H and O–H groups in total. The number of benzene rings is 1. The normalized spacial score (nSPS) is 11.2. The molecule has 0 amide bonds. The molecule has 0 bridgehead atoms. The van der Waals surface area contributed by atoms with Gasteiger partial charge in [0.2, 0.25) is 5.89 Å². The van der Waals surface area contributed by atoms with Crippen LogP contribution in [0.5, 0.6) is 0 Å². The van der Waals surface area contributed by atoms with Crippen LogP contribution in [0.25, 0.3) is 0 Å². The average molecular weight is 257 g/mol. The highest BCUT2D eigenvalue weighted by Crippen LogP contribution is 2.06. The van der Waals surface area contributed by atoms with Crippen LogP contribution in [0.15, 0.2) is 47.0 Å². The lowest BCUT2D eigenvalue weighted by molar-refractivity contribution is 0.364. The summed E-state index contributed by atoms with van der Waals surface area (Å²) < 4.78 is 5.20. The smallest absolute Gasteiger partial charge is 0.240 e. The zero-order chi connectivity index (χ0) is 13.3. The molecule has 0 aliphatic carbocycles. The van der Waals surface area contributed by atoms with E-state index in [-0.39, 0.29) is 0 Å². The average Bonchev–Trinajstić information content (AvgIpc) is 2.87. The van der Waals surface area contributed by atoms with Gasteiger partial charge in [-0.15, -0.1) is 0 Å². The van der Waals surface area contributed by atoms with Crippen LogP contribution in [-0.4, -0.2) is 16.7 Å². The van der Waals surface area contributed by atoms with Crippen molar-refractivity contribution in [1.29, 1.82) is 0 Å². The molecule has 0 aliphatic rings. The summed E-state index contributed by atoms with van der Waals surface area (Å²) in [7, 11) is 0. The molecule has 2 aromatic rings. The summed E-state index contributed by atoms with van der Waals surface area (Å²) in [5.74, 6) is 1.38. The van der Waals surface area contributed by atoms with E-state index < -0.39 is 0 Å². The fourth-order valence-corrected chi connectivity index (χ4v) is 1.76. The molecule has 0 spiro atoms. The van der Waals surface area contributed by atoms with Crippen molar-refractivity contribution in [3.63, 3.8) is 0 Å². The Morgan fingerprint density at radius 1 is 1.26 bits per heavy atom. The van der Waals surface area contributed by atoms with Gasteiger partial charge in [0.15, 0.2) is 5.82 Å². The fourth-order valence-electron chi connectivity index (χ4n) is 1.76. The number of hydrogen-bond donors (Lipinski definition) is 1. The summed E-state index contributed by atoms with van der Waals surface area (Å²) in [5, 5.41) is 7.25. The van der Waals surface area contributed by atoms with Crippen LogP contribution in [-0.2, 0) is 13.0 Å². The Hall–Kier alpha value is -1.94. The summed E-state index contributed by atoms with van der Waals surface area (Å²) in [6, 6.07) is 10.1. The second-order valence-corrected chi connectivity index (χ2v) is 4.30. The third kappa shape index (κ3) is 4.67. The van der Waals surface area contributed by atoms with Crippen molar-refractivity contribution < 1.29 is 4.52 Å². The molecule has 0 fully saturated rings. The zero-order valence-corrected chi connectivity index (χ0v) is 11.2. The Morgan fingerprint density at radius 2 is 2.11 bits per heavy atom. The first-order valence-corrected chi connectivity index (χ1v) is 6.55. The van der Waals surface area contributed by atoms with E-state index in [9.17, 15) is 0 Å². The van der Waals surface area contributed by atoms with Crippen molar-refractivity contribution in [2.24, 2.45) is 0 Å². The van der Waals surface area contributed by atoms with E-state index in [0.29, 0.717) is 18.9 Å². The predicted molar refractivity (Wildman–Crippen MR) is 74.7 cm³/mol. The quantitative estimate of drug-likeness (QED) is 0.612. The number of rotatable bonds is 7. The first kappa shape index (κ1) is 13.5. The van der Waals surface area contributed by atoms with Crippen LogP contribution in [0.3, 0.4) is 0 Å². The van der Waals surface area contributed by atoms with Crippen molar-refractivity contribution in [1.82, 2.24) is 15.5 Å². The number of nitrogens with one attached hydrogen (secondary N) is 1. The monoisotopic (exact) mass is 257 g/mol. The van der Waals surface area contributed by atoms with Crippen LogP contribution in [0.1, 0.15) is 30.6 Å². The van der Waals surface area contributed by atoms with Gasteiger partial charge in [0, 0.05) is 6.42 Å². The lowest BCUT2D eigenvalue weighted by Crippen LogP contribution is -2.14. The molecule has 0 saturated heterocycles. The Bertz CT molecular complexity index is 505. The van der Waals surface area contributed by atoms with Crippen molar-refractivity contribution in [2.75, 3.05) is 6.54 Å². The van der Waals surface area contributed by atoms with E-state index in [2.05, 4.69) is 33.7 Å². The lowest BCUT2D eigenvalue weighted by Gasteiger charge is -1.97. The lowest BCUT2D eigenvalue weighted by atomic mass is 10.1. The van der Waals surface area contributed by atoms with E-state index >= 15 is 0 Å². The fraction of sp³-hybridized carbons (Fsp3) is 0.333. The Morgan fingerprint density at radius 3 is 2.89 bits per heavy atom. The minimum atomic E-state index is 0.624. The molecule has 0 aliphatic heterocycles. The number of nitrogens with zero attached hydrogens (tertiary/aromatic N) is 2. The highest BCUT2D eigenvalue weighted by Gasteiger charge is 2.06. The van der Waals surface area contributed by atoms with E-state index in [4.69, 9.17) is 4.52 Å². The van der Waals surface area contributed by atoms with E-state index in [1.165, 1.54) is 5.56 Å². The molecule has 0 saturated carbocycles. The number of aromatic nitrogens is 2. The second-order valence-electron chi connectivity index (χ2n) is 4.30. The van der Waals surface area contributed by atoms with Gasteiger partial charge in [-0.3, -0.25) is 0 Å². The minimum absolute atomic E-state index is 0.624. The van der Waals surface area contributed by atoms with E-state index in [0.717, 1.165) is 18.8 Å². The topological polar surface area (TPSA) is 51.0 Å². The van der Waals surface area contributed by atoms with E-state index in [1.807, 2.05) is 31.2 Å². The largest absolute Gasteiger partial charge is 0.338 e. The van der Waals surface area contributed by atoms with Crippen LogP contribution < -0.4 is 5.32 Å². The zero-order valence-electron chi connectivity index (χ0n) is 11.2. The minimum Gasteiger partial charge on any atom is -0.338 e. The molecule has 1 aromatic heterocycles. The van der Waals surface area contributed by atoms with Crippen molar-refractivity contribution in [3.05, 3.63) is 59.8 Å². The predicted octanol–water partition coefficient (Wildman–Crippen LogP) is 2.72. The maximum atomic E-state index is 5.20. The molecule has 1 aromatic carbocycles. The molecule has 0 atom stereocenters. The molecule has 2 rings (SSSR count). The van der Waals surface area contributed by atoms with Crippen LogP contribution in [0.4, 0.5) is 0 Å². The maximum absolute atomic E-state index is 5.20. The van der Waals surface area contributed by atoms with Gasteiger partial charge in [-0.2, -0.15) is 4.98 Å². The highest BCUT2D eigenvalue weighted by molar-refractivity contribution is 5.18. The SMILES string of the molecule is C/C=C/CCNCc1nc(Cc2ccccc2)no1. The van der Waals surface area contributed by atoms with Gasteiger partial charge in [0.25, 0.3) is 0 Å². The third-order valence-electron chi connectivity index (χ3n) is 2.71. The summed E-state index contributed by atoms with van der Waals surface area (Å²) in [6.45, 7) is 3.56. The Kier molecular flexibility index (Phi) is 5.31. The second kappa shape index (κ2) is 7.48. The Balaban J connectivity index is 1.79. The molecular weight excluding hydrogens is 238 g/mol. The molecule has 4 nitrogen and oxygen atoms in total. The van der Waals surface area contributed by atoms with Crippen LogP contribution >= 0.6 is 0 Å². The van der Waals surface area contributed by atoms with Gasteiger partial charge < -0.3 is 9.84 Å². The summed E-state index contributed by atoms with van der Waals surface area (Å²) in [6.07, 6.45) is 5.90. The van der Waals surface area contributed by atoms with Crippen molar-refractivity contribution in [2.45, 2.75) is 26.3 Å². The Labute approximate surface area is 113 Å². The van der Waals surface area contributed by atoms with Gasteiger partial charge in [0.05, 0.1) is 6.54 Å². The molecule has 4 heteroatoms. The van der Waals surface area contributed by atoms with E-state index in [1.54, 1.807) is 0 Å². The first-order chi connectivity index (χ1) is 9.38. The molecule has 1 heterocycles. The summed E-state index contributed by atoms with van der Waals surface area (Å²) in [5.41, 5.74) is 1.19. The summed E-state index contributed by atoms with van der Waals surface area (Å²) >= 11 is 0. The molecular formula is C15H19N3O. The van der Waals surface area contributed by atoms with Gasteiger partial charge >= 0.3 is 0 Å². The number of hydrogen-bond acceptors (Lipinski definition) is 4. The van der Waals surface area contributed by atoms with Gasteiger partial charge in [-0.1, -0.05) is 47.6 Å². The molecule has 100 valence electrons. The van der Waals surface area contributed by atoms with Gasteiger partial charge in [-0.25, -0.2) is 0 Å². The molecule has 19 heavy (non-hydrogen) atoms. The number of allylic oxidation sites excluding steroid dienone is 1. The van der Waals surface area contributed by atoms with Crippen LogP contribution in [0, 0.1) is 0 Å². The van der Waals surface area contributed by atoms with Gasteiger partial charge in [0.1, 0.15) is 0 Å². The standard InChI is InChI=1S/C15H19N3O/c1-2-3-7-10-16-12-15-17-14(18-19-15)11-13-8-5-4-6-9-13/h2-6,8-9,16H,7,10-12H2,1H3/b3-2+. The van der Waals surface area contributed by atoms with Crippen molar-refractivity contribution in [3.8, 4) is 0 Å². The maximum Gasteiger partial charge on any atom is 0.240 e. The summed E-state index contributed by atoms with van der Waals surface area (Å²) in [4.78, 5) is 4.37. The first-order valence-electron chi connectivity index (χ1n) is 6.55.